The maximum atomic E-state index is 13.4. The molecule has 5 rings (SSSR count). The molecule has 0 aliphatic carbocycles. The summed E-state index contributed by atoms with van der Waals surface area (Å²) in [5.74, 6) is 1.35. The summed E-state index contributed by atoms with van der Waals surface area (Å²) in [6.45, 7) is 4.04. The third-order valence-electron chi connectivity index (χ3n) is 5.02. The normalized spacial score (nSPS) is 11.2. The summed E-state index contributed by atoms with van der Waals surface area (Å²) in [7, 11) is 0. The number of fused-ring (bicyclic) bond motifs is 1. The standard InChI is InChI=1S/C25H20N4O2S/c1-16-12-17(2)14-19(13-16)29-24(30)20-10-6-7-11-21(20)26-25(29)32-15-22-27-28-23(31-22)18-8-4-3-5-9-18/h3-14H,15H2,1-2H3. The van der Waals surface area contributed by atoms with Gasteiger partial charge >= 0.3 is 0 Å². The predicted molar refractivity (Wildman–Crippen MR) is 126 cm³/mol. The number of nitrogens with zero attached hydrogens (tertiary/aromatic N) is 4. The lowest BCUT2D eigenvalue weighted by atomic mass is 10.1. The minimum Gasteiger partial charge on any atom is -0.420 e. The molecule has 5 aromatic rings. The van der Waals surface area contributed by atoms with Crippen molar-refractivity contribution in [3.05, 3.63) is 100 Å². The van der Waals surface area contributed by atoms with E-state index in [-0.39, 0.29) is 5.56 Å². The van der Waals surface area contributed by atoms with Crippen molar-refractivity contribution in [2.24, 2.45) is 0 Å². The number of aromatic nitrogens is 4. The van der Waals surface area contributed by atoms with Gasteiger partial charge in [0.2, 0.25) is 11.8 Å². The van der Waals surface area contributed by atoms with E-state index in [4.69, 9.17) is 9.40 Å². The first-order valence-electron chi connectivity index (χ1n) is 10.2. The Bertz CT molecular complexity index is 1450. The summed E-state index contributed by atoms with van der Waals surface area (Å²) in [5.41, 5.74) is 4.39. The molecule has 0 saturated carbocycles. The molecule has 0 saturated heterocycles. The van der Waals surface area contributed by atoms with Gasteiger partial charge in [0.05, 0.1) is 22.3 Å². The zero-order valence-corrected chi connectivity index (χ0v) is 18.5. The minimum absolute atomic E-state index is 0.0985. The van der Waals surface area contributed by atoms with Crippen LogP contribution in [0.4, 0.5) is 0 Å². The van der Waals surface area contributed by atoms with Crippen molar-refractivity contribution >= 4 is 22.7 Å². The zero-order chi connectivity index (χ0) is 22.1. The number of para-hydroxylation sites is 1. The van der Waals surface area contributed by atoms with E-state index in [1.54, 1.807) is 4.57 Å². The predicted octanol–water partition coefficient (Wildman–Crippen LogP) is 5.34. The molecule has 0 fully saturated rings. The van der Waals surface area contributed by atoms with Gasteiger partial charge in [-0.2, -0.15) is 0 Å². The Morgan fingerprint density at radius 2 is 1.62 bits per heavy atom. The van der Waals surface area contributed by atoms with Crippen LogP contribution < -0.4 is 5.56 Å². The monoisotopic (exact) mass is 440 g/mol. The molecule has 0 atom stereocenters. The van der Waals surface area contributed by atoms with Crippen LogP contribution >= 0.6 is 11.8 Å². The van der Waals surface area contributed by atoms with Crippen molar-refractivity contribution in [1.29, 1.82) is 0 Å². The van der Waals surface area contributed by atoms with Crippen LogP contribution in [0.5, 0.6) is 0 Å². The van der Waals surface area contributed by atoms with Crippen LogP contribution in [0.3, 0.4) is 0 Å². The molecule has 32 heavy (non-hydrogen) atoms. The summed E-state index contributed by atoms with van der Waals surface area (Å²) in [6, 6.07) is 23.1. The van der Waals surface area contributed by atoms with Crippen LogP contribution in [0.2, 0.25) is 0 Å². The fourth-order valence-electron chi connectivity index (χ4n) is 3.65. The van der Waals surface area contributed by atoms with Crippen molar-refractivity contribution in [3.63, 3.8) is 0 Å². The van der Waals surface area contributed by atoms with Gasteiger partial charge in [0, 0.05) is 5.56 Å². The SMILES string of the molecule is Cc1cc(C)cc(-n2c(SCc3nnc(-c4ccccc4)o3)nc3ccccc3c2=O)c1. The molecule has 2 aromatic heterocycles. The Balaban J connectivity index is 1.55. The van der Waals surface area contributed by atoms with Gasteiger partial charge in [-0.05, 0) is 61.4 Å². The van der Waals surface area contributed by atoms with E-state index >= 15 is 0 Å². The molecular weight excluding hydrogens is 420 g/mol. The molecule has 7 heteroatoms. The summed E-state index contributed by atoms with van der Waals surface area (Å²) in [6.07, 6.45) is 0. The molecule has 3 aromatic carbocycles. The molecule has 0 amide bonds. The number of hydrogen-bond donors (Lipinski definition) is 0. The second-order valence-electron chi connectivity index (χ2n) is 7.55. The highest BCUT2D eigenvalue weighted by Crippen LogP contribution is 2.26. The second kappa shape index (κ2) is 8.43. The largest absolute Gasteiger partial charge is 0.420 e. The number of benzene rings is 3. The van der Waals surface area contributed by atoms with E-state index in [0.29, 0.717) is 33.6 Å². The molecular formula is C25H20N4O2S. The van der Waals surface area contributed by atoms with Crippen LogP contribution in [-0.4, -0.2) is 19.7 Å². The average Bonchev–Trinajstić information content (AvgIpc) is 3.27. The summed E-state index contributed by atoms with van der Waals surface area (Å²) >= 11 is 1.40. The van der Waals surface area contributed by atoms with Gasteiger partial charge in [-0.3, -0.25) is 9.36 Å². The van der Waals surface area contributed by atoms with E-state index in [2.05, 4.69) is 16.3 Å². The molecule has 2 heterocycles. The van der Waals surface area contributed by atoms with Crippen molar-refractivity contribution < 1.29 is 4.42 Å². The molecule has 0 spiro atoms. The van der Waals surface area contributed by atoms with E-state index in [1.165, 1.54) is 11.8 Å². The fourth-order valence-corrected chi connectivity index (χ4v) is 4.50. The van der Waals surface area contributed by atoms with Crippen molar-refractivity contribution in [3.8, 4) is 17.1 Å². The Labute approximate surface area is 189 Å². The van der Waals surface area contributed by atoms with E-state index in [0.717, 1.165) is 22.4 Å². The Morgan fingerprint density at radius 3 is 2.41 bits per heavy atom. The zero-order valence-electron chi connectivity index (χ0n) is 17.6. The van der Waals surface area contributed by atoms with Gasteiger partial charge in [0.1, 0.15) is 0 Å². The highest BCUT2D eigenvalue weighted by molar-refractivity contribution is 7.98. The maximum Gasteiger partial charge on any atom is 0.266 e. The fraction of sp³-hybridized carbons (Fsp3) is 0.120. The number of aryl methyl sites for hydroxylation is 2. The van der Waals surface area contributed by atoms with Crippen molar-refractivity contribution in [2.75, 3.05) is 0 Å². The van der Waals surface area contributed by atoms with Gasteiger partial charge in [-0.1, -0.05) is 48.2 Å². The molecule has 0 radical (unpaired) electrons. The number of thioether (sulfide) groups is 1. The number of rotatable bonds is 5. The van der Waals surface area contributed by atoms with Crippen molar-refractivity contribution in [1.82, 2.24) is 19.7 Å². The Kier molecular flexibility index (Phi) is 5.33. The highest BCUT2D eigenvalue weighted by Gasteiger charge is 2.16. The molecule has 0 aliphatic rings. The quantitative estimate of drug-likeness (QED) is 0.271. The van der Waals surface area contributed by atoms with Gasteiger partial charge in [-0.25, -0.2) is 4.98 Å². The first kappa shape index (κ1) is 20.2. The van der Waals surface area contributed by atoms with Crippen LogP contribution in [-0.2, 0) is 5.75 Å². The van der Waals surface area contributed by atoms with Gasteiger partial charge in [0.15, 0.2) is 5.16 Å². The van der Waals surface area contributed by atoms with Crippen LogP contribution in [0.1, 0.15) is 17.0 Å². The van der Waals surface area contributed by atoms with Crippen LogP contribution in [0.15, 0.2) is 87.2 Å². The maximum absolute atomic E-state index is 13.4. The first-order chi connectivity index (χ1) is 15.6. The first-order valence-corrected chi connectivity index (χ1v) is 11.2. The van der Waals surface area contributed by atoms with Crippen molar-refractivity contribution in [2.45, 2.75) is 24.8 Å². The molecule has 0 aliphatic heterocycles. The lowest BCUT2D eigenvalue weighted by molar-refractivity contribution is 0.528. The molecule has 0 unspecified atom stereocenters. The molecule has 158 valence electrons. The van der Waals surface area contributed by atoms with Gasteiger partial charge < -0.3 is 4.42 Å². The van der Waals surface area contributed by atoms with E-state index in [9.17, 15) is 4.79 Å². The van der Waals surface area contributed by atoms with Gasteiger partial charge in [0.25, 0.3) is 5.56 Å². The molecule has 0 N–H and O–H groups in total. The lowest BCUT2D eigenvalue weighted by Gasteiger charge is -2.14. The summed E-state index contributed by atoms with van der Waals surface area (Å²) in [5, 5.41) is 9.49. The smallest absolute Gasteiger partial charge is 0.266 e. The lowest BCUT2D eigenvalue weighted by Crippen LogP contribution is -2.22. The summed E-state index contributed by atoms with van der Waals surface area (Å²) < 4.78 is 7.50. The Hall–Kier alpha value is -3.71. The second-order valence-corrected chi connectivity index (χ2v) is 8.50. The highest BCUT2D eigenvalue weighted by atomic mass is 32.2. The van der Waals surface area contributed by atoms with E-state index in [1.807, 2.05) is 80.6 Å². The Morgan fingerprint density at radius 1 is 0.906 bits per heavy atom. The molecule has 6 nitrogen and oxygen atoms in total. The topological polar surface area (TPSA) is 73.8 Å². The van der Waals surface area contributed by atoms with E-state index < -0.39 is 0 Å². The minimum atomic E-state index is -0.0985. The van der Waals surface area contributed by atoms with Crippen LogP contribution in [0.25, 0.3) is 28.0 Å². The average molecular weight is 441 g/mol. The summed E-state index contributed by atoms with van der Waals surface area (Å²) in [4.78, 5) is 18.2. The molecule has 0 bridgehead atoms. The number of hydrogen-bond acceptors (Lipinski definition) is 6. The third-order valence-corrected chi connectivity index (χ3v) is 5.95. The van der Waals surface area contributed by atoms with Gasteiger partial charge in [-0.15, -0.1) is 10.2 Å². The van der Waals surface area contributed by atoms with Crippen LogP contribution in [0, 0.1) is 13.8 Å². The third kappa shape index (κ3) is 3.94.